The van der Waals surface area contributed by atoms with E-state index in [4.69, 9.17) is 0 Å². The van der Waals surface area contributed by atoms with E-state index in [0.717, 1.165) is 10.9 Å². The first-order chi connectivity index (χ1) is 12.1. The number of nitrogens with one attached hydrogen (secondary N) is 1. The molecule has 0 aliphatic carbocycles. The van der Waals surface area contributed by atoms with Crippen LogP contribution in [0.5, 0.6) is 0 Å². The number of hydrogen-bond donors (Lipinski definition) is 1. The zero-order valence-corrected chi connectivity index (χ0v) is 13.9. The van der Waals surface area contributed by atoms with Gasteiger partial charge in [-0.05, 0) is 30.7 Å². The van der Waals surface area contributed by atoms with Gasteiger partial charge in [0, 0.05) is 35.6 Å². The monoisotopic (exact) mass is 353 g/mol. The molecule has 4 rings (SSSR count). The van der Waals surface area contributed by atoms with Crippen LogP contribution in [0.2, 0.25) is 0 Å². The van der Waals surface area contributed by atoms with Crippen molar-refractivity contribution in [3.63, 3.8) is 0 Å². The van der Waals surface area contributed by atoms with Gasteiger partial charge >= 0.3 is 0 Å². The molecule has 1 amide bonds. The van der Waals surface area contributed by atoms with Crippen LogP contribution >= 0.6 is 11.3 Å². The Balaban J connectivity index is 1.60. The molecule has 0 atom stereocenters. The Morgan fingerprint density at radius 3 is 2.76 bits per heavy atom. The summed E-state index contributed by atoms with van der Waals surface area (Å²) >= 11 is 1.43. The Hall–Kier alpha value is -3.13. The van der Waals surface area contributed by atoms with Crippen LogP contribution < -0.4 is 5.43 Å². The van der Waals surface area contributed by atoms with E-state index in [2.05, 4.69) is 20.4 Å². The maximum atomic E-state index is 13.4. The zero-order valence-electron chi connectivity index (χ0n) is 13.1. The summed E-state index contributed by atoms with van der Waals surface area (Å²) < 4.78 is 15.0. The maximum Gasteiger partial charge on any atom is 0.273 e. The molecule has 6 nitrogen and oxygen atoms in total. The number of fused-ring (bicyclic) bond motifs is 1. The number of carbonyl (C=O) groups excluding carboxylic acids is 1. The van der Waals surface area contributed by atoms with Gasteiger partial charge in [0.25, 0.3) is 5.91 Å². The van der Waals surface area contributed by atoms with Crippen LogP contribution in [-0.4, -0.2) is 25.5 Å². The minimum atomic E-state index is -0.355. The first-order valence-electron chi connectivity index (χ1n) is 7.42. The van der Waals surface area contributed by atoms with Gasteiger partial charge in [-0.15, -0.1) is 11.3 Å². The van der Waals surface area contributed by atoms with Crippen LogP contribution in [-0.2, 0) is 0 Å². The van der Waals surface area contributed by atoms with Crippen molar-refractivity contribution in [3.8, 4) is 10.8 Å². The summed E-state index contributed by atoms with van der Waals surface area (Å²) in [6, 6.07) is 4.43. The summed E-state index contributed by atoms with van der Waals surface area (Å²) in [5.41, 5.74) is 4.66. The Bertz CT molecular complexity index is 1060. The van der Waals surface area contributed by atoms with Gasteiger partial charge in [0.05, 0.1) is 11.1 Å². The van der Waals surface area contributed by atoms with Crippen molar-refractivity contribution in [3.05, 3.63) is 65.3 Å². The fourth-order valence-corrected chi connectivity index (χ4v) is 3.11. The van der Waals surface area contributed by atoms with Crippen molar-refractivity contribution >= 4 is 28.1 Å². The molecule has 0 radical (unpaired) electrons. The number of nitrogens with zero attached hydrogens (tertiary/aromatic N) is 4. The predicted molar refractivity (Wildman–Crippen MR) is 93.5 cm³/mol. The lowest BCUT2D eigenvalue weighted by Gasteiger charge is -2.08. The zero-order chi connectivity index (χ0) is 17.4. The molecule has 3 aromatic heterocycles. The maximum absolute atomic E-state index is 13.4. The molecule has 0 fully saturated rings. The van der Waals surface area contributed by atoms with Crippen molar-refractivity contribution in [2.75, 3.05) is 5.43 Å². The number of halogens is 1. The average Bonchev–Trinajstić information content (AvgIpc) is 3.24. The highest BCUT2D eigenvalue weighted by Gasteiger charge is 2.12. The van der Waals surface area contributed by atoms with Crippen molar-refractivity contribution < 1.29 is 9.18 Å². The highest BCUT2D eigenvalue weighted by Crippen LogP contribution is 2.21. The highest BCUT2D eigenvalue weighted by atomic mass is 32.1. The summed E-state index contributed by atoms with van der Waals surface area (Å²) in [6.07, 6.45) is 6.33. The normalized spacial score (nSPS) is 11.0. The summed E-state index contributed by atoms with van der Waals surface area (Å²) in [7, 11) is 0. The third-order valence-corrected chi connectivity index (χ3v) is 4.49. The van der Waals surface area contributed by atoms with Gasteiger partial charge in [-0.3, -0.25) is 14.9 Å². The quantitative estimate of drug-likeness (QED) is 0.613. The van der Waals surface area contributed by atoms with Gasteiger partial charge in [-0.1, -0.05) is 0 Å². The van der Waals surface area contributed by atoms with E-state index >= 15 is 0 Å². The lowest BCUT2D eigenvalue weighted by Crippen LogP contribution is -2.22. The Morgan fingerprint density at radius 1 is 1.24 bits per heavy atom. The first-order valence-corrected chi connectivity index (χ1v) is 8.30. The lowest BCUT2D eigenvalue weighted by atomic mass is 10.2. The highest BCUT2D eigenvalue weighted by molar-refractivity contribution is 7.12. The number of rotatable bonds is 3. The molecule has 25 heavy (non-hydrogen) atoms. The molecule has 0 unspecified atom stereocenters. The number of thiazole rings is 1. The smallest absolute Gasteiger partial charge is 0.267 e. The molecular weight excluding hydrogens is 341 g/mol. The summed E-state index contributed by atoms with van der Waals surface area (Å²) in [6.45, 7) is 1.86. The first kappa shape index (κ1) is 15.4. The van der Waals surface area contributed by atoms with Crippen molar-refractivity contribution in [2.45, 2.75) is 6.92 Å². The molecule has 1 N–H and O–H groups in total. The third kappa shape index (κ3) is 2.87. The average molecular weight is 353 g/mol. The summed E-state index contributed by atoms with van der Waals surface area (Å²) in [5, 5.41) is 3.28. The molecule has 0 aliphatic heterocycles. The fourth-order valence-electron chi connectivity index (χ4n) is 2.52. The van der Waals surface area contributed by atoms with E-state index in [-0.39, 0.29) is 11.7 Å². The van der Waals surface area contributed by atoms with Gasteiger partial charge < -0.3 is 0 Å². The van der Waals surface area contributed by atoms with E-state index in [1.54, 1.807) is 23.1 Å². The Labute approximate surface area is 146 Å². The fraction of sp³-hybridized carbons (Fsp3) is 0.0588. The molecular formula is C17H12FN5OS. The van der Waals surface area contributed by atoms with E-state index in [1.165, 1.54) is 35.9 Å². The van der Waals surface area contributed by atoms with Crippen LogP contribution in [0, 0.1) is 12.7 Å². The van der Waals surface area contributed by atoms with E-state index < -0.39 is 0 Å². The van der Waals surface area contributed by atoms with Crippen molar-refractivity contribution in [1.82, 2.24) is 19.6 Å². The van der Waals surface area contributed by atoms with Crippen LogP contribution in [0.4, 0.5) is 4.39 Å². The van der Waals surface area contributed by atoms with Gasteiger partial charge in [-0.25, -0.2) is 19.3 Å². The minimum absolute atomic E-state index is 0.314. The van der Waals surface area contributed by atoms with E-state index in [0.29, 0.717) is 21.9 Å². The van der Waals surface area contributed by atoms with Crippen LogP contribution in [0.25, 0.3) is 21.7 Å². The molecule has 4 aromatic rings. The third-order valence-electron chi connectivity index (χ3n) is 3.73. The van der Waals surface area contributed by atoms with E-state index in [9.17, 15) is 9.18 Å². The number of hydrogen-bond acceptors (Lipinski definition) is 5. The van der Waals surface area contributed by atoms with Crippen LogP contribution in [0.15, 0.2) is 48.4 Å². The molecule has 0 saturated heterocycles. The van der Waals surface area contributed by atoms with E-state index in [1.807, 2.05) is 12.3 Å². The molecule has 0 saturated carbocycles. The number of aryl methyl sites for hydroxylation is 1. The molecule has 0 bridgehead atoms. The molecule has 1 aromatic carbocycles. The topological polar surface area (TPSA) is 72.7 Å². The summed E-state index contributed by atoms with van der Waals surface area (Å²) in [5.74, 6) is -0.193. The second-order valence-electron chi connectivity index (χ2n) is 5.42. The number of benzene rings is 1. The second-order valence-corrected chi connectivity index (χ2v) is 6.31. The number of amides is 1. The van der Waals surface area contributed by atoms with Gasteiger partial charge in [-0.2, -0.15) is 0 Å². The van der Waals surface area contributed by atoms with Gasteiger partial charge in [0.2, 0.25) is 0 Å². The molecule has 0 aliphatic rings. The second kappa shape index (κ2) is 6.06. The van der Waals surface area contributed by atoms with Crippen molar-refractivity contribution in [1.29, 1.82) is 0 Å². The van der Waals surface area contributed by atoms with Crippen molar-refractivity contribution in [2.24, 2.45) is 0 Å². The van der Waals surface area contributed by atoms with Gasteiger partial charge in [0.1, 0.15) is 5.82 Å². The standard InChI is InChI=1S/C17H12FN5OS/c1-10-9-23(14-3-2-12(18)6-13(10)14)22-16(24)11-7-20-15(21-8-11)17-19-4-5-25-17/h2-9H,1H3,(H,22,24). The molecule has 8 heteroatoms. The number of carbonyl (C=O) groups is 1. The van der Waals surface area contributed by atoms with Crippen LogP contribution in [0.3, 0.4) is 0 Å². The molecule has 124 valence electrons. The predicted octanol–water partition coefficient (Wildman–Crippen LogP) is 3.39. The molecule has 0 spiro atoms. The Kier molecular flexibility index (Phi) is 3.73. The Morgan fingerprint density at radius 2 is 2.04 bits per heavy atom. The van der Waals surface area contributed by atoms with Crippen LogP contribution in [0.1, 0.15) is 15.9 Å². The SMILES string of the molecule is Cc1cn(NC(=O)c2cnc(-c3nccs3)nc2)c2ccc(F)cc12. The van der Waals surface area contributed by atoms with Gasteiger partial charge in [0.15, 0.2) is 10.8 Å². The lowest BCUT2D eigenvalue weighted by molar-refractivity contribution is 0.101. The number of aromatic nitrogens is 4. The minimum Gasteiger partial charge on any atom is -0.267 e. The summed E-state index contributed by atoms with van der Waals surface area (Å²) in [4.78, 5) is 24.9. The molecule has 3 heterocycles. The largest absolute Gasteiger partial charge is 0.273 e.